The van der Waals surface area contributed by atoms with Crippen LogP contribution < -0.4 is 10.1 Å². The number of rotatable bonds is 6. The third kappa shape index (κ3) is 8.40. The highest BCUT2D eigenvalue weighted by Crippen LogP contribution is 2.31. The maximum Gasteiger partial charge on any atom is 0.322 e. The normalized spacial score (nSPS) is 17.3. The summed E-state index contributed by atoms with van der Waals surface area (Å²) in [4.78, 5) is 13.7. The van der Waals surface area contributed by atoms with Gasteiger partial charge in [-0.25, -0.2) is 4.31 Å². The van der Waals surface area contributed by atoms with E-state index in [1.54, 1.807) is 19.1 Å². The van der Waals surface area contributed by atoms with Gasteiger partial charge >= 0.3 is 6.01 Å². The lowest BCUT2D eigenvalue weighted by atomic mass is 9.94. The summed E-state index contributed by atoms with van der Waals surface area (Å²) in [6.07, 6.45) is 1.28. The number of amides is 1. The lowest BCUT2D eigenvalue weighted by molar-refractivity contribution is 0.102. The van der Waals surface area contributed by atoms with Crippen molar-refractivity contribution in [3.8, 4) is 17.2 Å². The average molecular weight is 499 g/mol. The third-order valence-corrected chi connectivity index (χ3v) is 6.21. The van der Waals surface area contributed by atoms with Crippen LogP contribution in [0.15, 0.2) is 57.8 Å². The maximum atomic E-state index is 12.6. The van der Waals surface area contributed by atoms with Crippen molar-refractivity contribution in [1.29, 1.82) is 0 Å². The van der Waals surface area contributed by atoms with Gasteiger partial charge < -0.3 is 9.15 Å². The Morgan fingerprint density at radius 1 is 0.971 bits per heavy atom. The summed E-state index contributed by atoms with van der Waals surface area (Å²) >= 11 is 1.75. The van der Waals surface area contributed by atoms with Gasteiger partial charge in [-0.05, 0) is 78.7 Å². The van der Waals surface area contributed by atoms with Crippen LogP contribution in [0.25, 0.3) is 11.5 Å². The minimum absolute atomic E-state index is 0.0607. The zero-order valence-electron chi connectivity index (χ0n) is 21.9. The average Bonchev–Trinajstić information content (AvgIpc) is 3.35. The molecule has 1 aliphatic heterocycles. The van der Waals surface area contributed by atoms with E-state index in [9.17, 15) is 4.79 Å². The van der Waals surface area contributed by atoms with Crippen LogP contribution >= 0.6 is 11.9 Å². The number of benzene rings is 2. The molecule has 0 bridgehead atoms. The van der Waals surface area contributed by atoms with Crippen molar-refractivity contribution in [3.63, 3.8) is 0 Å². The van der Waals surface area contributed by atoms with Crippen molar-refractivity contribution in [1.82, 2.24) is 14.5 Å². The monoisotopic (exact) mass is 498 g/mol. The Balaban J connectivity index is 0.00000103. The second kappa shape index (κ2) is 14.5. The van der Waals surface area contributed by atoms with Crippen molar-refractivity contribution in [2.24, 2.45) is 11.8 Å². The molecule has 1 saturated heterocycles. The van der Waals surface area contributed by atoms with E-state index in [-0.39, 0.29) is 11.9 Å². The zero-order chi connectivity index (χ0) is 25.8. The van der Waals surface area contributed by atoms with Gasteiger partial charge in [0.1, 0.15) is 5.75 Å². The molecule has 1 fully saturated rings. The second-order valence-electron chi connectivity index (χ2n) is 8.00. The van der Waals surface area contributed by atoms with Crippen LogP contribution in [0.5, 0.6) is 5.75 Å². The van der Waals surface area contributed by atoms with Gasteiger partial charge in [0.2, 0.25) is 5.89 Å². The van der Waals surface area contributed by atoms with Crippen LogP contribution in [-0.4, -0.2) is 40.6 Å². The summed E-state index contributed by atoms with van der Waals surface area (Å²) in [5, 5.41) is 10.6. The van der Waals surface area contributed by atoms with E-state index >= 15 is 0 Å². The van der Waals surface area contributed by atoms with E-state index < -0.39 is 0 Å². The molecule has 0 spiro atoms. The van der Waals surface area contributed by atoms with E-state index in [1.807, 2.05) is 76.2 Å². The molecule has 4 rings (SSSR count). The summed E-state index contributed by atoms with van der Waals surface area (Å²) in [5.41, 5.74) is 1.28. The van der Waals surface area contributed by atoms with Crippen LogP contribution in [0.2, 0.25) is 0 Å². The SMILES string of the molecule is CC.CC.COc1ccc(-c2nnc(NC(=O)c3ccc(SN4C[C@H](C)C[C@H](C)C4)cc3)o2)cc1. The van der Waals surface area contributed by atoms with Crippen LogP contribution in [0, 0.1) is 11.8 Å². The Hall–Kier alpha value is -2.84. The van der Waals surface area contributed by atoms with Crippen LogP contribution in [-0.2, 0) is 0 Å². The number of anilines is 1. The molecule has 3 aromatic rings. The van der Waals surface area contributed by atoms with E-state index in [2.05, 4.69) is 33.7 Å². The molecule has 2 heterocycles. The predicted octanol–water partition coefficient (Wildman–Crippen LogP) is 7.03. The molecule has 1 amide bonds. The Morgan fingerprint density at radius 3 is 2.14 bits per heavy atom. The molecular formula is C27H38N4O3S. The van der Waals surface area contributed by atoms with Crippen molar-refractivity contribution in [2.75, 3.05) is 25.5 Å². The second-order valence-corrected chi connectivity index (χ2v) is 9.17. The molecule has 35 heavy (non-hydrogen) atoms. The molecule has 0 aliphatic carbocycles. The molecule has 0 saturated carbocycles. The van der Waals surface area contributed by atoms with Gasteiger partial charge in [0.05, 0.1) is 7.11 Å². The maximum absolute atomic E-state index is 12.6. The van der Waals surface area contributed by atoms with Gasteiger partial charge in [0.25, 0.3) is 5.91 Å². The van der Waals surface area contributed by atoms with Gasteiger partial charge in [0.15, 0.2) is 0 Å². The quantitative estimate of drug-likeness (QED) is 0.365. The van der Waals surface area contributed by atoms with Crippen molar-refractivity contribution >= 4 is 23.9 Å². The van der Waals surface area contributed by atoms with Gasteiger partial charge in [-0.3, -0.25) is 10.1 Å². The van der Waals surface area contributed by atoms with Gasteiger partial charge in [-0.2, -0.15) is 0 Å². The van der Waals surface area contributed by atoms with E-state index in [4.69, 9.17) is 9.15 Å². The van der Waals surface area contributed by atoms with E-state index in [0.717, 1.165) is 29.3 Å². The van der Waals surface area contributed by atoms with Gasteiger partial charge in [0, 0.05) is 29.1 Å². The number of piperidine rings is 1. The first-order chi connectivity index (χ1) is 17.0. The fourth-order valence-electron chi connectivity index (χ4n) is 3.79. The number of carbonyl (C=O) groups excluding carboxylic acids is 1. The number of nitrogens with zero attached hydrogens (tertiary/aromatic N) is 3. The molecule has 7 nitrogen and oxygen atoms in total. The summed E-state index contributed by atoms with van der Waals surface area (Å²) in [7, 11) is 1.61. The molecule has 2 aromatic carbocycles. The molecular weight excluding hydrogens is 460 g/mol. The molecule has 2 atom stereocenters. The minimum Gasteiger partial charge on any atom is -0.497 e. The number of hydrogen-bond acceptors (Lipinski definition) is 7. The number of hydrogen-bond donors (Lipinski definition) is 1. The summed E-state index contributed by atoms with van der Waals surface area (Å²) < 4.78 is 13.1. The fourth-order valence-corrected chi connectivity index (χ4v) is 5.00. The lowest BCUT2D eigenvalue weighted by Crippen LogP contribution is -2.33. The highest BCUT2D eigenvalue weighted by molar-refractivity contribution is 7.97. The Morgan fingerprint density at radius 2 is 1.57 bits per heavy atom. The zero-order valence-corrected chi connectivity index (χ0v) is 22.7. The standard InChI is InChI=1S/C23H26N4O3S.2C2H6/c1-15-12-16(2)14-27(13-15)31-20-10-6-17(7-11-20)21(28)24-23-26-25-22(30-23)18-4-8-19(29-3)9-5-18;2*1-2/h4-11,15-16H,12-14H2,1-3H3,(H,24,26,28);2*1-2H3/t15-,16+;;. The van der Waals surface area contributed by atoms with E-state index in [0.29, 0.717) is 23.3 Å². The molecule has 1 N–H and O–H groups in total. The predicted molar refractivity (Wildman–Crippen MR) is 144 cm³/mol. The van der Waals surface area contributed by atoms with Crippen molar-refractivity contribution < 1.29 is 13.9 Å². The Bertz CT molecular complexity index is 1010. The molecule has 8 heteroatoms. The largest absolute Gasteiger partial charge is 0.497 e. The lowest BCUT2D eigenvalue weighted by Gasteiger charge is -2.33. The highest BCUT2D eigenvalue weighted by Gasteiger charge is 2.22. The van der Waals surface area contributed by atoms with Crippen LogP contribution in [0.1, 0.15) is 58.3 Å². The minimum atomic E-state index is -0.290. The Labute approximate surface area is 213 Å². The first kappa shape index (κ1) is 28.4. The third-order valence-electron chi connectivity index (χ3n) is 5.17. The summed E-state index contributed by atoms with van der Waals surface area (Å²) in [6.45, 7) is 14.8. The number of methoxy groups -OCH3 is 1. The number of carbonyl (C=O) groups is 1. The van der Waals surface area contributed by atoms with Crippen LogP contribution in [0.4, 0.5) is 6.01 Å². The smallest absolute Gasteiger partial charge is 0.322 e. The molecule has 190 valence electrons. The first-order valence-corrected chi connectivity index (χ1v) is 13.1. The number of aromatic nitrogens is 2. The number of ether oxygens (including phenoxy) is 1. The summed E-state index contributed by atoms with van der Waals surface area (Å²) in [6, 6.07) is 14.9. The van der Waals surface area contributed by atoms with Crippen molar-refractivity contribution in [2.45, 2.75) is 52.9 Å². The molecule has 1 aliphatic rings. The fraction of sp³-hybridized carbons (Fsp3) is 0.444. The first-order valence-electron chi connectivity index (χ1n) is 12.3. The topological polar surface area (TPSA) is 80.5 Å². The van der Waals surface area contributed by atoms with Crippen LogP contribution in [0.3, 0.4) is 0 Å². The number of nitrogens with one attached hydrogen (secondary N) is 1. The highest BCUT2D eigenvalue weighted by atomic mass is 32.2. The van der Waals surface area contributed by atoms with Gasteiger partial charge in [-0.1, -0.05) is 46.6 Å². The van der Waals surface area contributed by atoms with Gasteiger partial charge in [-0.15, -0.1) is 5.10 Å². The molecule has 1 aromatic heterocycles. The summed E-state index contributed by atoms with van der Waals surface area (Å²) in [5.74, 6) is 2.19. The molecule has 0 radical (unpaired) electrons. The van der Waals surface area contributed by atoms with E-state index in [1.165, 1.54) is 6.42 Å². The van der Waals surface area contributed by atoms with Crippen molar-refractivity contribution in [3.05, 3.63) is 54.1 Å². The molecule has 0 unspecified atom stereocenters. The Kier molecular flexibility index (Phi) is 11.8.